The maximum absolute atomic E-state index is 5.90. The van der Waals surface area contributed by atoms with Crippen LogP contribution in [0.1, 0.15) is 30.0 Å². The minimum Gasteiger partial charge on any atom is -0.368 e. The lowest BCUT2D eigenvalue weighted by molar-refractivity contribution is 0.0399. The van der Waals surface area contributed by atoms with Crippen LogP contribution in [0.15, 0.2) is 24.8 Å². The lowest BCUT2D eigenvalue weighted by Crippen LogP contribution is -2.17. The zero-order chi connectivity index (χ0) is 15.7. The van der Waals surface area contributed by atoms with Gasteiger partial charge in [0.15, 0.2) is 11.9 Å². The first-order valence-corrected chi connectivity index (χ1v) is 7.10. The number of nitrogen functional groups attached to an aromatic ring is 1. The first-order valence-electron chi connectivity index (χ1n) is 7.10. The van der Waals surface area contributed by atoms with Crippen LogP contribution in [0, 0.1) is 13.8 Å². The Balaban J connectivity index is 2.15. The standard InChI is InChI=1S/C15H18N6O/c1-4-22-14(12-10(3)5-9(2)6-17-12)21-8-19-11-7-18-15(16)20-13(11)21/h5-8,14H,4H2,1-3H3,(H2,16,18,20). The molecule has 114 valence electrons. The number of aryl methyl sites for hydroxylation is 2. The van der Waals surface area contributed by atoms with Crippen LogP contribution < -0.4 is 5.73 Å². The summed E-state index contributed by atoms with van der Waals surface area (Å²) in [4.78, 5) is 17.1. The second kappa shape index (κ2) is 5.69. The molecule has 0 radical (unpaired) electrons. The Kier molecular flexibility index (Phi) is 3.72. The van der Waals surface area contributed by atoms with E-state index >= 15 is 0 Å². The second-order valence-corrected chi connectivity index (χ2v) is 5.11. The molecular formula is C15H18N6O. The molecule has 3 heterocycles. The zero-order valence-electron chi connectivity index (χ0n) is 12.8. The van der Waals surface area contributed by atoms with Crippen molar-refractivity contribution in [1.82, 2.24) is 24.5 Å². The fourth-order valence-electron chi connectivity index (χ4n) is 2.44. The van der Waals surface area contributed by atoms with Gasteiger partial charge in [-0.15, -0.1) is 0 Å². The number of aromatic nitrogens is 5. The molecule has 22 heavy (non-hydrogen) atoms. The predicted octanol–water partition coefficient (Wildman–Crippen LogP) is 2.00. The van der Waals surface area contributed by atoms with Gasteiger partial charge >= 0.3 is 0 Å². The highest BCUT2D eigenvalue weighted by Gasteiger charge is 2.21. The molecule has 0 bridgehead atoms. The molecule has 1 unspecified atom stereocenters. The summed E-state index contributed by atoms with van der Waals surface area (Å²) < 4.78 is 7.74. The topological polar surface area (TPSA) is 91.7 Å². The molecular weight excluding hydrogens is 280 g/mol. The number of hydrogen-bond acceptors (Lipinski definition) is 6. The lowest BCUT2D eigenvalue weighted by atomic mass is 10.1. The molecule has 0 amide bonds. The van der Waals surface area contributed by atoms with Crippen molar-refractivity contribution in [1.29, 1.82) is 0 Å². The first kappa shape index (κ1) is 14.4. The van der Waals surface area contributed by atoms with Crippen LogP contribution >= 0.6 is 0 Å². The lowest BCUT2D eigenvalue weighted by Gasteiger charge is -2.20. The molecule has 3 aromatic rings. The molecule has 0 saturated carbocycles. The van der Waals surface area contributed by atoms with E-state index in [-0.39, 0.29) is 5.95 Å². The molecule has 0 spiro atoms. The normalized spacial score (nSPS) is 12.7. The molecule has 0 fully saturated rings. The fourth-order valence-corrected chi connectivity index (χ4v) is 2.44. The number of nitrogens with two attached hydrogens (primary N) is 1. The number of anilines is 1. The highest BCUT2D eigenvalue weighted by molar-refractivity contribution is 5.70. The van der Waals surface area contributed by atoms with Crippen LogP contribution in [0.2, 0.25) is 0 Å². The van der Waals surface area contributed by atoms with Crippen LogP contribution in [0.25, 0.3) is 11.2 Å². The van der Waals surface area contributed by atoms with E-state index in [9.17, 15) is 0 Å². The van der Waals surface area contributed by atoms with Crippen LogP contribution in [-0.2, 0) is 4.74 Å². The SMILES string of the molecule is CCOC(c1ncc(C)cc1C)n1cnc2cnc(N)nc21. The number of pyridine rings is 1. The van der Waals surface area contributed by atoms with E-state index in [4.69, 9.17) is 10.5 Å². The number of nitrogens with zero attached hydrogens (tertiary/aromatic N) is 5. The van der Waals surface area contributed by atoms with E-state index in [0.717, 1.165) is 16.8 Å². The molecule has 0 aliphatic carbocycles. The minimum atomic E-state index is -0.398. The Hall–Kier alpha value is -2.54. The van der Waals surface area contributed by atoms with E-state index < -0.39 is 6.23 Å². The maximum Gasteiger partial charge on any atom is 0.222 e. The van der Waals surface area contributed by atoms with E-state index in [2.05, 4.69) is 26.0 Å². The average molecular weight is 298 g/mol. The van der Waals surface area contributed by atoms with Gasteiger partial charge in [0.2, 0.25) is 5.95 Å². The first-order chi connectivity index (χ1) is 10.6. The van der Waals surface area contributed by atoms with E-state index in [1.54, 1.807) is 12.5 Å². The van der Waals surface area contributed by atoms with Crippen molar-refractivity contribution in [3.8, 4) is 0 Å². The number of rotatable bonds is 4. The third-order valence-corrected chi connectivity index (χ3v) is 3.40. The van der Waals surface area contributed by atoms with Crippen molar-refractivity contribution in [3.63, 3.8) is 0 Å². The van der Waals surface area contributed by atoms with Crippen molar-refractivity contribution in [2.24, 2.45) is 0 Å². The van der Waals surface area contributed by atoms with E-state index in [1.807, 2.05) is 31.5 Å². The molecule has 0 aliphatic heterocycles. The van der Waals surface area contributed by atoms with E-state index in [1.165, 1.54) is 0 Å². The summed E-state index contributed by atoms with van der Waals surface area (Å²) in [6.07, 6.45) is 4.72. The summed E-state index contributed by atoms with van der Waals surface area (Å²) in [6.45, 7) is 6.52. The van der Waals surface area contributed by atoms with Crippen molar-refractivity contribution < 1.29 is 4.74 Å². The van der Waals surface area contributed by atoms with Gasteiger partial charge in [-0.3, -0.25) is 9.55 Å². The second-order valence-electron chi connectivity index (χ2n) is 5.11. The fraction of sp³-hybridized carbons (Fsp3) is 0.333. The number of fused-ring (bicyclic) bond motifs is 1. The van der Waals surface area contributed by atoms with Gasteiger partial charge in [0, 0.05) is 12.8 Å². The van der Waals surface area contributed by atoms with Crippen molar-refractivity contribution >= 4 is 17.1 Å². The third kappa shape index (κ3) is 2.50. The van der Waals surface area contributed by atoms with Gasteiger partial charge < -0.3 is 10.5 Å². The van der Waals surface area contributed by atoms with Crippen molar-refractivity contribution in [2.45, 2.75) is 27.0 Å². The molecule has 7 heteroatoms. The van der Waals surface area contributed by atoms with Crippen LogP contribution in [-0.4, -0.2) is 31.1 Å². The zero-order valence-corrected chi connectivity index (χ0v) is 12.8. The molecule has 2 N–H and O–H groups in total. The number of ether oxygens (including phenoxy) is 1. The predicted molar refractivity (Wildman–Crippen MR) is 83.2 cm³/mol. The summed E-state index contributed by atoms with van der Waals surface area (Å²) in [5.41, 5.74) is 10.0. The number of hydrogen-bond donors (Lipinski definition) is 1. The molecule has 0 saturated heterocycles. The Morgan fingerprint density at radius 3 is 2.77 bits per heavy atom. The quantitative estimate of drug-likeness (QED) is 0.792. The summed E-state index contributed by atoms with van der Waals surface area (Å²) >= 11 is 0. The third-order valence-electron chi connectivity index (χ3n) is 3.40. The number of imidazole rings is 1. The average Bonchev–Trinajstić information content (AvgIpc) is 2.88. The Morgan fingerprint density at radius 1 is 1.23 bits per heavy atom. The van der Waals surface area contributed by atoms with Crippen molar-refractivity contribution in [2.75, 3.05) is 12.3 Å². The Morgan fingerprint density at radius 2 is 2.05 bits per heavy atom. The van der Waals surface area contributed by atoms with Gasteiger partial charge in [-0.25, -0.2) is 9.97 Å². The van der Waals surface area contributed by atoms with Gasteiger partial charge in [-0.2, -0.15) is 4.98 Å². The van der Waals surface area contributed by atoms with Gasteiger partial charge in [0.1, 0.15) is 5.52 Å². The smallest absolute Gasteiger partial charge is 0.222 e. The Bertz CT molecular complexity index is 813. The van der Waals surface area contributed by atoms with Crippen LogP contribution in [0.4, 0.5) is 5.95 Å². The molecule has 7 nitrogen and oxygen atoms in total. The molecule has 3 aromatic heterocycles. The largest absolute Gasteiger partial charge is 0.368 e. The maximum atomic E-state index is 5.90. The molecule has 0 aromatic carbocycles. The summed E-state index contributed by atoms with van der Waals surface area (Å²) in [7, 11) is 0. The van der Waals surface area contributed by atoms with Gasteiger partial charge in [-0.1, -0.05) is 6.07 Å². The Labute approximate surface area is 128 Å². The monoisotopic (exact) mass is 298 g/mol. The van der Waals surface area contributed by atoms with E-state index in [0.29, 0.717) is 17.8 Å². The molecule has 3 rings (SSSR count). The summed E-state index contributed by atoms with van der Waals surface area (Å²) in [6, 6.07) is 2.08. The van der Waals surface area contributed by atoms with Gasteiger partial charge in [-0.05, 0) is 31.9 Å². The van der Waals surface area contributed by atoms with Crippen molar-refractivity contribution in [3.05, 3.63) is 41.6 Å². The minimum absolute atomic E-state index is 0.207. The van der Waals surface area contributed by atoms with Crippen LogP contribution in [0.3, 0.4) is 0 Å². The van der Waals surface area contributed by atoms with Gasteiger partial charge in [0.05, 0.1) is 18.2 Å². The van der Waals surface area contributed by atoms with Gasteiger partial charge in [0.25, 0.3) is 0 Å². The molecule has 0 aliphatic rings. The molecule has 1 atom stereocenters. The summed E-state index contributed by atoms with van der Waals surface area (Å²) in [5, 5.41) is 0. The highest BCUT2D eigenvalue weighted by atomic mass is 16.5. The highest BCUT2D eigenvalue weighted by Crippen LogP contribution is 2.25. The van der Waals surface area contributed by atoms with Crippen LogP contribution in [0.5, 0.6) is 0 Å². The summed E-state index contributed by atoms with van der Waals surface area (Å²) in [5.74, 6) is 0.207.